The molecule has 2 heterocycles. The molecule has 0 atom stereocenters. The first-order valence-corrected chi connectivity index (χ1v) is 9.17. The maximum absolute atomic E-state index is 4.82. The van der Waals surface area contributed by atoms with Crippen LogP contribution in [0.3, 0.4) is 0 Å². The topological polar surface area (TPSA) is 55.1 Å². The molecule has 1 saturated carbocycles. The molecule has 5 heteroatoms. The third-order valence-corrected chi connectivity index (χ3v) is 5.57. The summed E-state index contributed by atoms with van der Waals surface area (Å²) in [5.74, 6) is 1.52. The maximum Gasteiger partial charge on any atom is 0.226 e. The lowest BCUT2D eigenvalue weighted by Crippen LogP contribution is -2.41. The number of fused-ring (bicyclic) bond motifs is 3. The van der Waals surface area contributed by atoms with Crippen molar-refractivity contribution in [1.29, 1.82) is 0 Å². The van der Waals surface area contributed by atoms with Crippen molar-refractivity contribution in [3.63, 3.8) is 0 Å². The second-order valence-electron chi connectivity index (χ2n) is 7.20. The zero-order chi connectivity index (χ0) is 17.6. The van der Waals surface area contributed by atoms with Crippen molar-refractivity contribution in [2.45, 2.75) is 31.6 Å². The van der Waals surface area contributed by atoms with Gasteiger partial charge in [0.15, 0.2) is 5.65 Å². The first-order chi connectivity index (χ1) is 12.8. The van der Waals surface area contributed by atoms with Gasteiger partial charge >= 0.3 is 0 Å². The van der Waals surface area contributed by atoms with Gasteiger partial charge in [0.2, 0.25) is 5.95 Å². The third kappa shape index (κ3) is 2.35. The summed E-state index contributed by atoms with van der Waals surface area (Å²) < 4.78 is 1.84. The van der Waals surface area contributed by atoms with Crippen LogP contribution >= 0.6 is 0 Å². The van der Waals surface area contributed by atoms with Crippen molar-refractivity contribution >= 4 is 22.5 Å². The molecule has 5 rings (SSSR count). The van der Waals surface area contributed by atoms with Crippen LogP contribution in [0.4, 0.5) is 5.95 Å². The van der Waals surface area contributed by atoms with E-state index in [-0.39, 0.29) is 5.41 Å². The lowest BCUT2D eigenvalue weighted by atomic mass is 9.64. The molecule has 1 aliphatic rings. The van der Waals surface area contributed by atoms with E-state index in [0.29, 0.717) is 0 Å². The Labute approximate surface area is 152 Å². The number of hydrogen-bond acceptors (Lipinski definition) is 4. The molecule has 0 amide bonds. The van der Waals surface area contributed by atoms with Gasteiger partial charge in [0.25, 0.3) is 0 Å². The molecular weight excluding hydrogens is 322 g/mol. The molecule has 0 aliphatic heterocycles. The van der Waals surface area contributed by atoms with Crippen molar-refractivity contribution in [2.75, 3.05) is 11.9 Å². The van der Waals surface area contributed by atoms with Crippen molar-refractivity contribution < 1.29 is 0 Å². The number of hydrogen-bond donors (Lipinski definition) is 1. The SMILES string of the molecule is Cc1nc2c3ccccc3nc(NCC3(c4ccccc4)CCC3)n2n1. The molecule has 130 valence electrons. The van der Waals surface area contributed by atoms with E-state index in [2.05, 4.69) is 45.7 Å². The smallest absolute Gasteiger partial charge is 0.226 e. The minimum Gasteiger partial charge on any atom is -0.353 e. The minimum atomic E-state index is 0.191. The number of anilines is 1. The first kappa shape index (κ1) is 15.3. The van der Waals surface area contributed by atoms with Crippen molar-refractivity contribution in [2.24, 2.45) is 0 Å². The highest BCUT2D eigenvalue weighted by Gasteiger charge is 2.38. The van der Waals surface area contributed by atoms with Crippen molar-refractivity contribution in [1.82, 2.24) is 19.6 Å². The van der Waals surface area contributed by atoms with Gasteiger partial charge in [0, 0.05) is 17.3 Å². The summed E-state index contributed by atoms with van der Waals surface area (Å²) in [5.41, 5.74) is 3.40. The lowest BCUT2D eigenvalue weighted by Gasteiger charge is -2.42. The second kappa shape index (κ2) is 5.80. The average Bonchev–Trinajstić information content (AvgIpc) is 3.03. The molecule has 2 aromatic carbocycles. The molecular formula is C21H21N5. The van der Waals surface area contributed by atoms with E-state index in [1.54, 1.807) is 0 Å². The summed E-state index contributed by atoms with van der Waals surface area (Å²) in [6.07, 6.45) is 3.69. The normalized spacial score (nSPS) is 15.9. The van der Waals surface area contributed by atoms with Crippen LogP contribution in [0.5, 0.6) is 0 Å². The van der Waals surface area contributed by atoms with E-state index in [1.807, 2.05) is 35.7 Å². The van der Waals surface area contributed by atoms with Crippen LogP contribution in [0.2, 0.25) is 0 Å². The summed E-state index contributed by atoms with van der Waals surface area (Å²) in [6, 6.07) is 18.9. The quantitative estimate of drug-likeness (QED) is 0.605. The Kier molecular flexibility index (Phi) is 3.42. The van der Waals surface area contributed by atoms with Crippen LogP contribution in [-0.4, -0.2) is 26.1 Å². The van der Waals surface area contributed by atoms with Crippen LogP contribution < -0.4 is 5.32 Å². The number of benzene rings is 2. The maximum atomic E-state index is 4.82. The molecule has 1 N–H and O–H groups in total. The van der Waals surface area contributed by atoms with E-state index in [1.165, 1.54) is 24.8 Å². The molecule has 1 fully saturated rings. The van der Waals surface area contributed by atoms with Gasteiger partial charge in [0.05, 0.1) is 5.52 Å². The number of aromatic nitrogens is 4. The predicted molar refractivity (Wildman–Crippen MR) is 103 cm³/mol. The Bertz CT molecular complexity index is 1080. The molecule has 0 radical (unpaired) electrons. The summed E-state index contributed by atoms with van der Waals surface area (Å²) in [6.45, 7) is 2.78. The van der Waals surface area contributed by atoms with Crippen LogP contribution in [0, 0.1) is 6.92 Å². The van der Waals surface area contributed by atoms with E-state index in [0.717, 1.165) is 34.9 Å². The van der Waals surface area contributed by atoms with Crippen molar-refractivity contribution in [3.8, 4) is 0 Å². The van der Waals surface area contributed by atoms with Gasteiger partial charge in [-0.25, -0.2) is 9.97 Å². The van der Waals surface area contributed by atoms with E-state index < -0.39 is 0 Å². The largest absolute Gasteiger partial charge is 0.353 e. The fraction of sp³-hybridized carbons (Fsp3) is 0.286. The Morgan fingerprint density at radius 2 is 1.77 bits per heavy atom. The predicted octanol–water partition coefficient (Wildman–Crippen LogP) is 4.12. The Morgan fingerprint density at radius 3 is 2.54 bits per heavy atom. The first-order valence-electron chi connectivity index (χ1n) is 9.17. The van der Waals surface area contributed by atoms with Crippen LogP contribution in [0.25, 0.3) is 16.6 Å². The summed E-state index contributed by atoms with van der Waals surface area (Å²) >= 11 is 0. The highest BCUT2D eigenvalue weighted by Crippen LogP contribution is 2.43. The molecule has 0 unspecified atom stereocenters. The highest BCUT2D eigenvalue weighted by atomic mass is 15.4. The van der Waals surface area contributed by atoms with Gasteiger partial charge in [-0.15, -0.1) is 5.10 Å². The molecule has 0 bridgehead atoms. The standard InChI is InChI=1S/C21H21N5/c1-15-23-19-17-10-5-6-11-18(17)24-20(26(19)25-15)22-14-21(12-7-13-21)16-8-3-2-4-9-16/h2-6,8-11H,7,12-14H2,1H3,(H,22,24). The van der Waals surface area contributed by atoms with E-state index >= 15 is 0 Å². The second-order valence-corrected chi connectivity index (χ2v) is 7.20. The van der Waals surface area contributed by atoms with Gasteiger partial charge in [-0.3, -0.25) is 0 Å². The fourth-order valence-corrected chi connectivity index (χ4v) is 3.98. The molecule has 4 aromatic rings. The Balaban J connectivity index is 1.55. The molecule has 0 saturated heterocycles. The van der Waals surface area contributed by atoms with Crippen LogP contribution in [0.15, 0.2) is 54.6 Å². The average molecular weight is 343 g/mol. The zero-order valence-electron chi connectivity index (χ0n) is 14.8. The van der Waals surface area contributed by atoms with Crippen LogP contribution in [-0.2, 0) is 5.41 Å². The van der Waals surface area contributed by atoms with Gasteiger partial charge in [-0.2, -0.15) is 4.52 Å². The number of para-hydroxylation sites is 1. The lowest BCUT2D eigenvalue weighted by molar-refractivity contribution is 0.260. The monoisotopic (exact) mass is 343 g/mol. The molecule has 1 aliphatic carbocycles. The zero-order valence-corrected chi connectivity index (χ0v) is 14.8. The van der Waals surface area contributed by atoms with E-state index in [4.69, 9.17) is 4.98 Å². The van der Waals surface area contributed by atoms with Crippen LogP contribution in [0.1, 0.15) is 30.7 Å². The van der Waals surface area contributed by atoms with E-state index in [9.17, 15) is 0 Å². The van der Waals surface area contributed by atoms with Gasteiger partial charge in [-0.1, -0.05) is 48.9 Å². The van der Waals surface area contributed by atoms with Crippen molar-refractivity contribution in [3.05, 3.63) is 66.0 Å². The molecule has 0 spiro atoms. The minimum absolute atomic E-state index is 0.191. The Hall–Kier alpha value is -2.95. The molecule has 2 aromatic heterocycles. The summed E-state index contributed by atoms with van der Waals surface area (Å²) in [5, 5.41) is 9.17. The van der Waals surface area contributed by atoms with Gasteiger partial charge in [-0.05, 0) is 37.5 Å². The van der Waals surface area contributed by atoms with Gasteiger partial charge < -0.3 is 5.32 Å². The molecule has 26 heavy (non-hydrogen) atoms. The third-order valence-electron chi connectivity index (χ3n) is 5.57. The number of aryl methyl sites for hydroxylation is 1. The Morgan fingerprint density at radius 1 is 1.00 bits per heavy atom. The fourth-order valence-electron chi connectivity index (χ4n) is 3.98. The molecule has 5 nitrogen and oxygen atoms in total. The summed E-state index contributed by atoms with van der Waals surface area (Å²) in [4.78, 5) is 9.43. The van der Waals surface area contributed by atoms with Gasteiger partial charge in [0.1, 0.15) is 5.82 Å². The summed E-state index contributed by atoms with van der Waals surface area (Å²) in [7, 11) is 0. The number of nitrogens with one attached hydrogen (secondary N) is 1. The highest BCUT2D eigenvalue weighted by molar-refractivity contribution is 5.92. The number of nitrogens with zero attached hydrogens (tertiary/aromatic N) is 4. The number of rotatable bonds is 4.